The van der Waals surface area contributed by atoms with Gasteiger partial charge in [0.15, 0.2) is 0 Å². The fourth-order valence-corrected chi connectivity index (χ4v) is 3.49. The van der Waals surface area contributed by atoms with Crippen LogP contribution in [0.15, 0.2) is 4.42 Å². The number of hydrogen-bond acceptors (Lipinski definition) is 5. The second kappa shape index (κ2) is 6.22. The first kappa shape index (κ1) is 14.0. The summed E-state index contributed by atoms with van der Waals surface area (Å²) in [7, 11) is 0. The van der Waals surface area contributed by atoms with Crippen LogP contribution in [0.3, 0.4) is 0 Å². The SMILES string of the molecule is Cc1nnc([C@H](C)N2CCC(CN3CCCC3)CC2)o1. The van der Waals surface area contributed by atoms with Gasteiger partial charge in [0.05, 0.1) is 6.04 Å². The van der Waals surface area contributed by atoms with Gasteiger partial charge < -0.3 is 9.32 Å². The van der Waals surface area contributed by atoms with Gasteiger partial charge in [-0.05, 0) is 64.7 Å². The Morgan fingerprint density at radius 1 is 1.15 bits per heavy atom. The molecular weight excluding hydrogens is 252 g/mol. The molecule has 0 radical (unpaired) electrons. The predicted molar refractivity (Wildman–Crippen MR) is 77.4 cm³/mol. The number of likely N-dealkylation sites (tertiary alicyclic amines) is 2. The lowest BCUT2D eigenvalue weighted by molar-refractivity contribution is 0.109. The van der Waals surface area contributed by atoms with E-state index in [4.69, 9.17) is 4.42 Å². The average Bonchev–Trinajstić information content (AvgIpc) is 3.10. The molecule has 1 aromatic heterocycles. The molecule has 0 bridgehead atoms. The average molecular weight is 278 g/mol. The summed E-state index contributed by atoms with van der Waals surface area (Å²) in [5.41, 5.74) is 0. The molecule has 5 nitrogen and oxygen atoms in total. The number of aryl methyl sites for hydroxylation is 1. The molecule has 0 aliphatic carbocycles. The minimum absolute atomic E-state index is 0.254. The van der Waals surface area contributed by atoms with Crippen LogP contribution in [0.1, 0.15) is 50.4 Å². The molecule has 3 rings (SSSR count). The van der Waals surface area contributed by atoms with Crippen molar-refractivity contribution < 1.29 is 4.42 Å². The third-order valence-electron chi connectivity index (χ3n) is 4.81. The van der Waals surface area contributed by atoms with Crippen molar-refractivity contribution in [2.24, 2.45) is 5.92 Å². The summed E-state index contributed by atoms with van der Waals surface area (Å²) in [5, 5.41) is 8.09. The lowest BCUT2D eigenvalue weighted by atomic mass is 9.95. The Hall–Kier alpha value is -0.940. The molecule has 112 valence electrons. The minimum atomic E-state index is 0.254. The van der Waals surface area contributed by atoms with E-state index in [1.54, 1.807) is 0 Å². The molecule has 2 aliphatic heterocycles. The summed E-state index contributed by atoms with van der Waals surface area (Å²) >= 11 is 0. The Morgan fingerprint density at radius 3 is 2.45 bits per heavy atom. The van der Waals surface area contributed by atoms with E-state index in [-0.39, 0.29) is 6.04 Å². The van der Waals surface area contributed by atoms with Crippen molar-refractivity contribution in [1.82, 2.24) is 20.0 Å². The number of nitrogens with zero attached hydrogens (tertiary/aromatic N) is 4. The predicted octanol–water partition coefficient (Wildman–Crippen LogP) is 2.25. The third-order valence-corrected chi connectivity index (χ3v) is 4.81. The Bertz CT molecular complexity index is 419. The highest BCUT2D eigenvalue weighted by molar-refractivity contribution is 4.90. The molecule has 0 unspecified atom stereocenters. The molecule has 2 saturated heterocycles. The maximum absolute atomic E-state index is 5.56. The van der Waals surface area contributed by atoms with Gasteiger partial charge in [-0.15, -0.1) is 10.2 Å². The Balaban J connectivity index is 1.48. The molecule has 1 atom stereocenters. The zero-order chi connectivity index (χ0) is 13.9. The Kier molecular flexibility index (Phi) is 4.36. The Labute approximate surface area is 121 Å². The van der Waals surface area contributed by atoms with Gasteiger partial charge in [-0.1, -0.05) is 0 Å². The van der Waals surface area contributed by atoms with Crippen LogP contribution in [-0.4, -0.2) is 52.7 Å². The fraction of sp³-hybridized carbons (Fsp3) is 0.867. The molecule has 0 N–H and O–H groups in total. The molecule has 0 amide bonds. The van der Waals surface area contributed by atoms with Crippen molar-refractivity contribution in [3.05, 3.63) is 11.8 Å². The highest BCUT2D eigenvalue weighted by Crippen LogP contribution is 2.27. The van der Waals surface area contributed by atoms with Gasteiger partial charge in [0.2, 0.25) is 11.8 Å². The lowest BCUT2D eigenvalue weighted by Crippen LogP contribution is -2.39. The lowest BCUT2D eigenvalue weighted by Gasteiger charge is -2.36. The van der Waals surface area contributed by atoms with Gasteiger partial charge in [0.25, 0.3) is 0 Å². The van der Waals surface area contributed by atoms with Crippen LogP contribution in [0.2, 0.25) is 0 Å². The van der Waals surface area contributed by atoms with E-state index in [0.29, 0.717) is 5.89 Å². The topological polar surface area (TPSA) is 45.4 Å². The first-order valence-electron chi connectivity index (χ1n) is 7.99. The normalized spacial score (nSPS) is 24.3. The molecule has 0 aromatic carbocycles. The molecule has 2 fully saturated rings. The number of piperidine rings is 1. The molecule has 5 heteroatoms. The molecule has 1 aromatic rings. The van der Waals surface area contributed by atoms with Crippen LogP contribution < -0.4 is 0 Å². The summed E-state index contributed by atoms with van der Waals surface area (Å²) in [6.45, 7) is 10.3. The second-order valence-electron chi connectivity index (χ2n) is 6.32. The first-order valence-corrected chi connectivity index (χ1v) is 7.99. The minimum Gasteiger partial charge on any atom is -0.424 e. The zero-order valence-electron chi connectivity index (χ0n) is 12.7. The smallest absolute Gasteiger partial charge is 0.233 e. The van der Waals surface area contributed by atoms with Crippen molar-refractivity contribution >= 4 is 0 Å². The van der Waals surface area contributed by atoms with Gasteiger partial charge in [-0.2, -0.15) is 0 Å². The largest absolute Gasteiger partial charge is 0.424 e. The number of aromatic nitrogens is 2. The van der Waals surface area contributed by atoms with Crippen LogP contribution >= 0.6 is 0 Å². The van der Waals surface area contributed by atoms with E-state index in [2.05, 4.69) is 26.9 Å². The first-order chi connectivity index (χ1) is 9.72. The van der Waals surface area contributed by atoms with Crippen LogP contribution in [0, 0.1) is 12.8 Å². The van der Waals surface area contributed by atoms with Crippen molar-refractivity contribution in [3.63, 3.8) is 0 Å². The summed E-state index contributed by atoms with van der Waals surface area (Å²) < 4.78 is 5.56. The van der Waals surface area contributed by atoms with E-state index in [9.17, 15) is 0 Å². The molecule has 20 heavy (non-hydrogen) atoms. The maximum Gasteiger partial charge on any atom is 0.233 e. The molecule has 3 heterocycles. The molecule has 2 aliphatic rings. The quantitative estimate of drug-likeness (QED) is 0.845. The van der Waals surface area contributed by atoms with Gasteiger partial charge in [0.1, 0.15) is 0 Å². The maximum atomic E-state index is 5.56. The standard InChI is InChI=1S/C15H26N4O/c1-12(15-17-16-13(2)20-15)19-9-5-14(6-10-19)11-18-7-3-4-8-18/h12,14H,3-11H2,1-2H3/t12-/m0/s1. The van der Waals surface area contributed by atoms with Crippen LogP contribution in [-0.2, 0) is 0 Å². The van der Waals surface area contributed by atoms with Gasteiger partial charge in [0, 0.05) is 13.5 Å². The number of rotatable bonds is 4. The number of hydrogen-bond donors (Lipinski definition) is 0. The van der Waals surface area contributed by atoms with Crippen LogP contribution in [0.25, 0.3) is 0 Å². The van der Waals surface area contributed by atoms with Crippen molar-refractivity contribution in [3.8, 4) is 0 Å². The zero-order valence-corrected chi connectivity index (χ0v) is 12.7. The van der Waals surface area contributed by atoms with E-state index in [1.807, 2.05) is 6.92 Å². The van der Waals surface area contributed by atoms with Crippen molar-refractivity contribution in [1.29, 1.82) is 0 Å². The van der Waals surface area contributed by atoms with Crippen molar-refractivity contribution in [2.45, 2.75) is 45.6 Å². The summed E-state index contributed by atoms with van der Waals surface area (Å²) in [5.74, 6) is 2.30. The van der Waals surface area contributed by atoms with E-state index in [1.165, 1.54) is 45.3 Å². The van der Waals surface area contributed by atoms with Gasteiger partial charge in [-0.25, -0.2) is 0 Å². The third kappa shape index (κ3) is 3.20. The second-order valence-corrected chi connectivity index (χ2v) is 6.32. The monoisotopic (exact) mass is 278 g/mol. The van der Waals surface area contributed by atoms with Crippen LogP contribution in [0.4, 0.5) is 0 Å². The molecule has 0 saturated carbocycles. The Morgan fingerprint density at radius 2 is 1.85 bits per heavy atom. The van der Waals surface area contributed by atoms with Gasteiger partial charge in [-0.3, -0.25) is 4.90 Å². The van der Waals surface area contributed by atoms with E-state index >= 15 is 0 Å². The summed E-state index contributed by atoms with van der Waals surface area (Å²) in [6.07, 6.45) is 5.39. The highest BCUT2D eigenvalue weighted by atomic mass is 16.4. The highest BCUT2D eigenvalue weighted by Gasteiger charge is 2.27. The van der Waals surface area contributed by atoms with E-state index < -0.39 is 0 Å². The summed E-state index contributed by atoms with van der Waals surface area (Å²) in [4.78, 5) is 5.12. The molecule has 0 spiro atoms. The molecular formula is C15H26N4O. The van der Waals surface area contributed by atoms with E-state index in [0.717, 1.165) is 24.9 Å². The van der Waals surface area contributed by atoms with Crippen molar-refractivity contribution in [2.75, 3.05) is 32.7 Å². The fourth-order valence-electron chi connectivity index (χ4n) is 3.49. The summed E-state index contributed by atoms with van der Waals surface area (Å²) in [6, 6.07) is 0.254. The van der Waals surface area contributed by atoms with Crippen LogP contribution in [0.5, 0.6) is 0 Å². The van der Waals surface area contributed by atoms with Gasteiger partial charge >= 0.3 is 0 Å².